The third-order valence-electron chi connectivity index (χ3n) is 2.13. The molecule has 0 saturated carbocycles. The van der Waals surface area contributed by atoms with Crippen LogP contribution in [0.3, 0.4) is 0 Å². The highest BCUT2D eigenvalue weighted by molar-refractivity contribution is 7.39. The van der Waals surface area contributed by atoms with Crippen LogP contribution in [0.15, 0.2) is 12.2 Å². The van der Waals surface area contributed by atoms with E-state index in [-0.39, 0.29) is 6.61 Å². The van der Waals surface area contributed by atoms with E-state index >= 15 is 0 Å². The molecule has 18 heavy (non-hydrogen) atoms. The van der Waals surface area contributed by atoms with Gasteiger partial charge in [0.2, 0.25) is 0 Å². The molecule has 5 nitrogen and oxygen atoms in total. The van der Waals surface area contributed by atoms with Crippen molar-refractivity contribution in [2.75, 3.05) is 47.1 Å². The molecule has 106 valence electrons. The van der Waals surface area contributed by atoms with E-state index in [9.17, 15) is 9.36 Å². The van der Waals surface area contributed by atoms with Crippen molar-refractivity contribution in [2.24, 2.45) is 0 Å². The first-order valence-electron chi connectivity index (χ1n) is 6.01. The van der Waals surface area contributed by atoms with E-state index in [1.807, 2.05) is 0 Å². The lowest BCUT2D eigenvalue weighted by Crippen LogP contribution is -2.37. The number of hydrogen-bond acceptors (Lipinski definition) is 4. The summed E-state index contributed by atoms with van der Waals surface area (Å²) in [6, 6.07) is 0. The second kappa shape index (κ2) is 8.46. The fourth-order valence-corrected chi connectivity index (χ4v) is 1.91. The number of carbonyl (C=O) groups is 1. The molecule has 6 heteroatoms. The number of quaternary nitrogens is 1. The number of esters is 1. The fourth-order valence-electron chi connectivity index (χ4n) is 1.01. The van der Waals surface area contributed by atoms with Crippen molar-refractivity contribution >= 4 is 14.0 Å². The Hall–Kier alpha value is -0.640. The molecule has 0 amide bonds. The van der Waals surface area contributed by atoms with E-state index in [1.165, 1.54) is 0 Å². The predicted octanol–water partition coefficient (Wildman–Crippen LogP) is 1.69. The Morgan fingerprint density at radius 3 is 2.39 bits per heavy atom. The molecule has 0 N–H and O–H groups in total. The van der Waals surface area contributed by atoms with Gasteiger partial charge in [-0.25, -0.2) is 4.79 Å². The topological polar surface area (TPSA) is 52.6 Å². The van der Waals surface area contributed by atoms with Crippen LogP contribution in [0.2, 0.25) is 0 Å². The van der Waals surface area contributed by atoms with Crippen molar-refractivity contribution in [3.8, 4) is 0 Å². The predicted molar refractivity (Wildman–Crippen MR) is 73.1 cm³/mol. The molecule has 0 fully saturated rings. The molecular formula is C12H25NO4P+. The summed E-state index contributed by atoms with van der Waals surface area (Å²) in [5.41, 5.74) is 0.377. The van der Waals surface area contributed by atoms with Gasteiger partial charge in [-0.1, -0.05) is 6.58 Å². The van der Waals surface area contributed by atoms with Crippen molar-refractivity contribution < 1.29 is 23.1 Å². The Morgan fingerprint density at radius 1 is 1.28 bits per heavy atom. The highest BCUT2D eigenvalue weighted by Gasteiger charge is 2.08. The number of carbonyl (C=O) groups excluding carboxylic acids is 1. The maximum Gasteiger partial charge on any atom is 0.333 e. The SMILES string of the molecule is C=C(C)C(=O)OCCC[PH](=O)OCC[N+](C)(C)C. The molecule has 1 unspecified atom stereocenters. The molecular weight excluding hydrogens is 253 g/mol. The van der Waals surface area contributed by atoms with Gasteiger partial charge in [-0.2, -0.15) is 0 Å². The summed E-state index contributed by atoms with van der Waals surface area (Å²) in [7, 11) is 4.16. The van der Waals surface area contributed by atoms with E-state index < -0.39 is 14.0 Å². The van der Waals surface area contributed by atoms with Gasteiger partial charge in [-0.05, 0) is 13.3 Å². The lowest BCUT2D eigenvalue weighted by Gasteiger charge is -2.23. The van der Waals surface area contributed by atoms with Crippen LogP contribution in [0.1, 0.15) is 13.3 Å². The zero-order chi connectivity index (χ0) is 14.2. The van der Waals surface area contributed by atoms with Gasteiger partial charge in [0, 0.05) is 11.7 Å². The van der Waals surface area contributed by atoms with Crippen molar-refractivity contribution in [2.45, 2.75) is 13.3 Å². The lowest BCUT2D eigenvalue weighted by molar-refractivity contribution is -0.870. The molecule has 1 atom stereocenters. The van der Waals surface area contributed by atoms with Crippen LogP contribution in [0, 0.1) is 0 Å². The molecule has 0 bridgehead atoms. The Kier molecular flexibility index (Phi) is 8.16. The monoisotopic (exact) mass is 278 g/mol. The summed E-state index contributed by atoms with van der Waals surface area (Å²) < 4.78 is 22.4. The van der Waals surface area contributed by atoms with E-state index in [4.69, 9.17) is 9.26 Å². The maximum atomic E-state index is 11.5. The molecule has 0 aromatic heterocycles. The van der Waals surface area contributed by atoms with Crippen LogP contribution in [-0.4, -0.2) is 57.5 Å². The summed E-state index contributed by atoms with van der Waals surface area (Å²) in [6.07, 6.45) is 1.01. The largest absolute Gasteiger partial charge is 0.462 e. The first-order chi connectivity index (χ1) is 8.22. The highest BCUT2D eigenvalue weighted by atomic mass is 31.1. The van der Waals surface area contributed by atoms with Crippen LogP contribution >= 0.6 is 8.03 Å². The summed E-state index contributed by atoms with van der Waals surface area (Å²) in [5, 5.41) is 0. The average Bonchev–Trinajstić information content (AvgIpc) is 2.22. The molecule has 0 aromatic carbocycles. The van der Waals surface area contributed by atoms with Crippen LogP contribution in [-0.2, 0) is 18.6 Å². The van der Waals surface area contributed by atoms with Crippen LogP contribution in [0.25, 0.3) is 0 Å². The lowest BCUT2D eigenvalue weighted by atomic mass is 10.4. The van der Waals surface area contributed by atoms with Crippen LogP contribution in [0.4, 0.5) is 0 Å². The van der Waals surface area contributed by atoms with Crippen molar-refractivity contribution in [3.63, 3.8) is 0 Å². The van der Waals surface area contributed by atoms with Gasteiger partial charge in [0.25, 0.3) is 0 Å². The van der Waals surface area contributed by atoms with Gasteiger partial charge in [0.05, 0.1) is 27.7 Å². The van der Waals surface area contributed by atoms with Gasteiger partial charge in [0.15, 0.2) is 8.03 Å². The summed E-state index contributed by atoms with van der Waals surface area (Å²) >= 11 is 0. The number of likely N-dealkylation sites (N-methyl/N-ethyl adjacent to an activating group) is 1. The number of hydrogen-bond donors (Lipinski definition) is 0. The van der Waals surface area contributed by atoms with Crippen molar-refractivity contribution in [1.82, 2.24) is 0 Å². The number of nitrogens with zero attached hydrogens (tertiary/aromatic N) is 1. The standard InChI is InChI=1S/C12H25NO4P/c1-11(2)12(14)16-8-6-10-18(15)17-9-7-13(3,4)5/h18H,1,6-10H2,2-5H3/q+1. The molecule has 0 saturated heterocycles. The smallest absolute Gasteiger partial charge is 0.333 e. The third kappa shape index (κ3) is 10.5. The third-order valence-corrected chi connectivity index (χ3v) is 3.42. The molecule has 0 rings (SSSR count). The first-order valence-corrected chi connectivity index (χ1v) is 7.53. The highest BCUT2D eigenvalue weighted by Crippen LogP contribution is 2.22. The number of rotatable bonds is 9. The van der Waals surface area contributed by atoms with Crippen LogP contribution < -0.4 is 0 Å². The normalized spacial score (nSPS) is 13.1. The molecule has 0 radical (unpaired) electrons. The van der Waals surface area contributed by atoms with Crippen molar-refractivity contribution in [3.05, 3.63) is 12.2 Å². The quantitative estimate of drug-likeness (QED) is 0.212. The maximum absolute atomic E-state index is 11.5. The molecule has 0 heterocycles. The molecule has 0 aliphatic heterocycles. The Bertz CT molecular complexity index is 310. The van der Waals surface area contributed by atoms with E-state index in [0.29, 0.717) is 24.8 Å². The van der Waals surface area contributed by atoms with Gasteiger partial charge in [-0.3, -0.25) is 4.57 Å². The zero-order valence-electron chi connectivity index (χ0n) is 11.8. The summed E-state index contributed by atoms with van der Waals surface area (Å²) in [5.74, 6) is -0.402. The van der Waals surface area contributed by atoms with Gasteiger partial charge >= 0.3 is 5.97 Å². The minimum Gasteiger partial charge on any atom is -0.462 e. The summed E-state index contributed by atoms with van der Waals surface area (Å²) in [4.78, 5) is 11.0. The van der Waals surface area contributed by atoms with Gasteiger partial charge < -0.3 is 13.7 Å². The molecule has 0 aliphatic carbocycles. The minimum absolute atomic E-state index is 0.265. The zero-order valence-corrected chi connectivity index (χ0v) is 12.8. The van der Waals surface area contributed by atoms with Gasteiger partial charge in [0.1, 0.15) is 13.2 Å². The molecule has 0 aliphatic rings. The summed E-state index contributed by atoms with van der Waals surface area (Å²) in [6.45, 7) is 6.65. The minimum atomic E-state index is -2.00. The second-order valence-corrected chi connectivity index (χ2v) is 6.79. The van der Waals surface area contributed by atoms with E-state index in [0.717, 1.165) is 11.0 Å². The average molecular weight is 278 g/mol. The van der Waals surface area contributed by atoms with Crippen molar-refractivity contribution in [1.29, 1.82) is 0 Å². The van der Waals surface area contributed by atoms with Crippen LogP contribution in [0.5, 0.6) is 0 Å². The Morgan fingerprint density at radius 2 is 1.89 bits per heavy atom. The molecule has 0 aromatic rings. The number of ether oxygens (including phenoxy) is 1. The van der Waals surface area contributed by atoms with E-state index in [1.54, 1.807) is 6.92 Å². The first kappa shape index (κ1) is 17.4. The van der Waals surface area contributed by atoms with Gasteiger partial charge in [-0.15, -0.1) is 0 Å². The Labute approximate surface area is 110 Å². The second-order valence-electron chi connectivity index (χ2n) is 5.25. The fraction of sp³-hybridized carbons (Fsp3) is 0.750. The molecule has 0 spiro atoms. The Balaban J connectivity index is 3.54. The van der Waals surface area contributed by atoms with E-state index in [2.05, 4.69) is 27.7 Å².